The van der Waals surface area contributed by atoms with Gasteiger partial charge in [-0.15, -0.1) is 0 Å². The highest BCUT2D eigenvalue weighted by molar-refractivity contribution is 6.30. The zero-order valence-corrected chi connectivity index (χ0v) is 18.1. The van der Waals surface area contributed by atoms with E-state index in [1.165, 1.54) is 17.5 Å². The molecule has 0 aliphatic heterocycles. The Morgan fingerprint density at radius 1 is 1.09 bits per heavy atom. The second kappa shape index (κ2) is 8.93. The van der Waals surface area contributed by atoms with Crippen LogP contribution in [-0.2, 0) is 26.0 Å². The molecule has 1 amide bonds. The van der Waals surface area contributed by atoms with Crippen molar-refractivity contribution in [1.82, 2.24) is 9.78 Å². The molecule has 0 radical (unpaired) electrons. The normalized spacial score (nSPS) is 12.5. The van der Waals surface area contributed by atoms with E-state index in [-0.39, 0.29) is 18.3 Å². The Bertz CT molecular complexity index is 1240. The van der Waals surface area contributed by atoms with Gasteiger partial charge in [0.05, 0.1) is 18.4 Å². The van der Waals surface area contributed by atoms with Gasteiger partial charge in [0, 0.05) is 11.2 Å². The number of aryl methyl sites for hydroxylation is 2. The molecule has 5 rings (SSSR count). The molecule has 4 aromatic rings. The molecule has 1 aliphatic rings. The molecule has 32 heavy (non-hydrogen) atoms. The van der Waals surface area contributed by atoms with Crippen LogP contribution in [0.5, 0.6) is 5.75 Å². The number of anilines is 1. The van der Waals surface area contributed by atoms with Gasteiger partial charge in [0.1, 0.15) is 18.1 Å². The maximum atomic E-state index is 12.5. The van der Waals surface area contributed by atoms with Crippen LogP contribution in [0.4, 0.5) is 5.69 Å². The summed E-state index contributed by atoms with van der Waals surface area (Å²) in [6.07, 6.45) is 6.83. The Hall–Kier alpha value is -3.51. The highest BCUT2D eigenvalue weighted by Gasteiger charge is 2.14. The lowest BCUT2D eigenvalue weighted by Gasteiger charge is -2.06. The number of fused-ring (bicyclic) bond motifs is 1. The van der Waals surface area contributed by atoms with Gasteiger partial charge < -0.3 is 14.5 Å². The molecule has 1 N–H and O–H groups in total. The molecule has 6 nitrogen and oxygen atoms in total. The van der Waals surface area contributed by atoms with E-state index in [1.807, 2.05) is 30.3 Å². The summed E-state index contributed by atoms with van der Waals surface area (Å²) in [5.74, 6) is 1.30. The number of rotatable bonds is 7. The van der Waals surface area contributed by atoms with Crippen molar-refractivity contribution in [2.45, 2.75) is 32.4 Å². The standard InChI is InChI=1S/C25H22ClN3O3/c26-20-7-4-17(5-8-20)14-29-15-21(13-27-29)28-25(30)24-11-10-23(32-24)16-31-22-9-6-18-2-1-3-19(18)12-22/h4-13,15H,1-3,14,16H2,(H,28,30). The fourth-order valence-corrected chi connectivity index (χ4v) is 3.98. The molecular weight excluding hydrogens is 426 g/mol. The van der Waals surface area contributed by atoms with E-state index in [1.54, 1.807) is 29.2 Å². The van der Waals surface area contributed by atoms with Gasteiger partial charge in [-0.1, -0.05) is 29.8 Å². The zero-order valence-electron chi connectivity index (χ0n) is 17.4. The maximum Gasteiger partial charge on any atom is 0.291 e. The van der Waals surface area contributed by atoms with E-state index in [9.17, 15) is 4.79 Å². The van der Waals surface area contributed by atoms with Crippen molar-refractivity contribution in [2.75, 3.05) is 5.32 Å². The van der Waals surface area contributed by atoms with Gasteiger partial charge in [-0.2, -0.15) is 5.10 Å². The van der Waals surface area contributed by atoms with Crippen LogP contribution < -0.4 is 10.1 Å². The van der Waals surface area contributed by atoms with Crippen LogP contribution in [0, 0.1) is 0 Å². The first-order chi connectivity index (χ1) is 15.6. The number of nitrogens with zero attached hydrogens (tertiary/aromatic N) is 2. The van der Waals surface area contributed by atoms with E-state index in [4.69, 9.17) is 20.8 Å². The third-order valence-electron chi connectivity index (χ3n) is 5.49. The summed E-state index contributed by atoms with van der Waals surface area (Å²) >= 11 is 5.92. The molecule has 0 saturated carbocycles. The van der Waals surface area contributed by atoms with Crippen LogP contribution in [0.25, 0.3) is 0 Å². The number of amides is 1. The van der Waals surface area contributed by atoms with Gasteiger partial charge >= 0.3 is 0 Å². The van der Waals surface area contributed by atoms with Crippen LogP contribution in [-0.4, -0.2) is 15.7 Å². The summed E-state index contributed by atoms with van der Waals surface area (Å²) < 4.78 is 13.3. The van der Waals surface area contributed by atoms with Crippen molar-refractivity contribution in [2.24, 2.45) is 0 Å². The predicted molar refractivity (Wildman–Crippen MR) is 122 cm³/mol. The minimum Gasteiger partial charge on any atom is -0.486 e. The lowest BCUT2D eigenvalue weighted by Crippen LogP contribution is -2.10. The molecule has 0 fully saturated rings. The maximum absolute atomic E-state index is 12.5. The molecule has 1 aliphatic carbocycles. The minimum absolute atomic E-state index is 0.225. The average molecular weight is 448 g/mol. The fraction of sp³-hybridized carbons (Fsp3) is 0.200. The Balaban J connectivity index is 1.16. The van der Waals surface area contributed by atoms with Gasteiger partial charge in [0.25, 0.3) is 5.91 Å². The van der Waals surface area contributed by atoms with Crippen molar-refractivity contribution in [3.63, 3.8) is 0 Å². The number of halogens is 1. The minimum atomic E-state index is -0.333. The molecule has 2 heterocycles. The van der Waals surface area contributed by atoms with Crippen molar-refractivity contribution in [3.05, 3.63) is 100 Å². The number of carbonyl (C=O) groups excluding carboxylic acids is 1. The Morgan fingerprint density at radius 3 is 2.81 bits per heavy atom. The number of benzene rings is 2. The summed E-state index contributed by atoms with van der Waals surface area (Å²) in [7, 11) is 0. The molecular formula is C25H22ClN3O3. The van der Waals surface area contributed by atoms with Crippen molar-refractivity contribution >= 4 is 23.2 Å². The van der Waals surface area contributed by atoms with Crippen molar-refractivity contribution in [1.29, 1.82) is 0 Å². The number of furan rings is 1. The fourth-order valence-electron chi connectivity index (χ4n) is 3.85. The first-order valence-electron chi connectivity index (χ1n) is 10.5. The highest BCUT2D eigenvalue weighted by atomic mass is 35.5. The summed E-state index contributed by atoms with van der Waals surface area (Å²) in [4.78, 5) is 12.5. The second-order valence-electron chi connectivity index (χ2n) is 7.85. The van der Waals surface area contributed by atoms with Gasteiger partial charge in [0.15, 0.2) is 5.76 Å². The Morgan fingerprint density at radius 2 is 1.94 bits per heavy atom. The molecule has 7 heteroatoms. The van der Waals surface area contributed by atoms with Crippen LogP contribution >= 0.6 is 11.6 Å². The molecule has 2 aromatic heterocycles. The number of hydrogen-bond acceptors (Lipinski definition) is 4. The molecule has 0 unspecified atom stereocenters. The van der Waals surface area contributed by atoms with Crippen LogP contribution in [0.15, 0.2) is 71.4 Å². The number of hydrogen-bond donors (Lipinski definition) is 1. The van der Waals surface area contributed by atoms with Crippen LogP contribution in [0.2, 0.25) is 5.02 Å². The van der Waals surface area contributed by atoms with E-state index < -0.39 is 0 Å². The lowest BCUT2D eigenvalue weighted by atomic mass is 10.1. The molecule has 0 bridgehead atoms. The molecule has 0 atom stereocenters. The summed E-state index contributed by atoms with van der Waals surface area (Å²) in [5, 5.41) is 7.80. The molecule has 0 saturated heterocycles. The average Bonchev–Trinajstić information content (AvgIpc) is 3.54. The third-order valence-corrected chi connectivity index (χ3v) is 5.74. The summed E-state index contributed by atoms with van der Waals surface area (Å²) in [6, 6.07) is 17.2. The zero-order chi connectivity index (χ0) is 21.9. The van der Waals surface area contributed by atoms with E-state index in [2.05, 4.69) is 22.5 Å². The van der Waals surface area contributed by atoms with Crippen LogP contribution in [0.3, 0.4) is 0 Å². The monoisotopic (exact) mass is 447 g/mol. The van der Waals surface area contributed by atoms with Crippen molar-refractivity contribution in [3.8, 4) is 5.75 Å². The summed E-state index contributed by atoms with van der Waals surface area (Å²) in [6.45, 7) is 0.850. The first-order valence-corrected chi connectivity index (χ1v) is 10.9. The van der Waals surface area contributed by atoms with Gasteiger partial charge in [-0.25, -0.2) is 0 Å². The third kappa shape index (κ3) is 4.70. The van der Waals surface area contributed by atoms with Gasteiger partial charge in [-0.05, 0) is 72.4 Å². The Kier molecular flexibility index (Phi) is 5.69. The van der Waals surface area contributed by atoms with Gasteiger partial charge in [-0.3, -0.25) is 9.48 Å². The second-order valence-corrected chi connectivity index (χ2v) is 8.28. The van der Waals surface area contributed by atoms with Gasteiger partial charge in [0.2, 0.25) is 0 Å². The molecule has 2 aromatic carbocycles. The number of nitrogens with one attached hydrogen (secondary N) is 1. The molecule has 162 valence electrons. The van der Waals surface area contributed by atoms with Crippen LogP contribution in [0.1, 0.15) is 39.4 Å². The quantitative estimate of drug-likeness (QED) is 0.406. The van der Waals surface area contributed by atoms with Crippen molar-refractivity contribution < 1.29 is 13.9 Å². The first kappa shape index (κ1) is 20.4. The van der Waals surface area contributed by atoms with E-state index in [0.29, 0.717) is 23.0 Å². The predicted octanol–water partition coefficient (Wildman–Crippen LogP) is 5.50. The highest BCUT2D eigenvalue weighted by Crippen LogP contribution is 2.26. The number of aromatic nitrogens is 2. The smallest absolute Gasteiger partial charge is 0.291 e. The van der Waals surface area contributed by atoms with E-state index >= 15 is 0 Å². The SMILES string of the molecule is O=C(Nc1cnn(Cc2ccc(Cl)cc2)c1)c1ccc(COc2ccc3c(c2)CCC3)o1. The Labute approximate surface area is 190 Å². The topological polar surface area (TPSA) is 69.3 Å². The molecule has 0 spiro atoms. The summed E-state index contributed by atoms with van der Waals surface area (Å²) in [5.41, 5.74) is 4.43. The van der Waals surface area contributed by atoms with E-state index in [0.717, 1.165) is 24.2 Å². The lowest BCUT2D eigenvalue weighted by molar-refractivity contribution is 0.0992. The number of ether oxygens (including phenoxy) is 1. The largest absolute Gasteiger partial charge is 0.486 e. The number of carbonyl (C=O) groups is 1.